The Morgan fingerprint density at radius 2 is 2.05 bits per heavy atom. The molecular weight excluding hydrogens is 267 g/mol. The molecule has 3 rings (SSSR count). The monoisotopic (exact) mass is 281 g/mol. The van der Waals surface area contributed by atoms with Crippen LogP contribution >= 0.6 is 0 Å². The van der Waals surface area contributed by atoms with Crippen LogP contribution in [0, 0.1) is 17.3 Å². The Morgan fingerprint density at radius 1 is 1.30 bits per heavy atom. The van der Waals surface area contributed by atoms with Crippen LogP contribution in [0.25, 0.3) is 0 Å². The van der Waals surface area contributed by atoms with Gasteiger partial charge in [0.05, 0.1) is 17.8 Å². The second-order valence-corrected chi connectivity index (χ2v) is 5.25. The Bertz CT molecular complexity index is 593. The Labute approximate surface area is 115 Å². The summed E-state index contributed by atoms with van der Waals surface area (Å²) < 4.78 is 44.1. The third-order valence-corrected chi connectivity index (χ3v) is 3.81. The Balaban J connectivity index is 1.96. The van der Waals surface area contributed by atoms with Gasteiger partial charge in [0, 0.05) is 7.05 Å². The van der Waals surface area contributed by atoms with Crippen molar-refractivity contribution in [3.63, 3.8) is 0 Å². The van der Waals surface area contributed by atoms with Gasteiger partial charge in [-0.3, -0.25) is 0 Å². The number of benzene rings is 1. The number of fused-ring (bicyclic) bond motifs is 1. The molecule has 0 amide bonds. The topological polar surface area (TPSA) is 12.5 Å². The van der Waals surface area contributed by atoms with Gasteiger partial charge in [0.2, 0.25) is 0 Å². The summed E-state index contributed by atoms with van der Waals surface area (Å²) >= 11 is 0. The lowest BCUT2D eigenvalue weighted by molar-refractivity contribution is -0.168. The normalized spacial score (nSPS) is 19.5. The molecule has 5 heteroatoms. The third kappa shape index (κ3) is 2.09. The standard InChI is InChI=1S/C15H14F3NO/c1-19-9-10-20-13-11(3-2-4-12(13)19)5-6-14(7-8-14)15(16,17)18/h2-4H,7-10H2,1H3. The molecule has 1 saturated carbocycles. The van der Waals surface area contributed by atoms with Gasteiger partial charge < -0.3 is 9.64 Å². The van der Waals surface area contributed by atoms with Crippen LogP contribution in [0.2, 0.25) is 0 Å². The van der Waals surface area contributed by atoms with Crippen LogP contribution in [0.4, 0.5) is 18.9 Å². The predicted octanol–water partition coefficient (Wildman–Crippen LogP) is 3.21. The molecule has 1 aromatic rings. The van der Waals surface area contributed by atoms with Crippen LogP contribution < -0.4 is 9.64 Å². The number of halogens is 3. The summed E-state index contributed by atoms with van der Waals surface area (Å²) in [6, 6.07) is 5.38. The summed E-state index contributed by atoms with van der Waals surface area (Å²) in [6.45, 7) is 1.28. The largest absolute Gasteiger partial charge is 0.488 e. The van der Waals surface area contributed by atoms with Crippen LogP contribution in [0.1, 0.15) is 18.4 Å². The van der Waals surface area contributed by atoms with E-state index in [1.165, 1.54) is 0 Å². The lowest BCUT2D eigenvalue weighted by Crippen LogP contribution is -2.29. The molecule has 1 aliphatic heterocycles. The quantitative estimate of drug-likeness (QED) is 0.677. The maximum absolute atomic E-state index is 12.9. The van der Waals surface area contributed by atoms with Crippen molar-refractivity contribution in [2.24, 2.45) is 5.41 Å². The number of nitrogens with zero attached hydrogens (tertiary/aromatic N) is 1. The van der Waals surface area contributed by atoms with E-state index in [-0.39, 0.29) is 12.8 Å². The van der Waals surface area contributed by atoms with Crippen molar-refractivity contribution in [1.82, 2.24) is 0 Å². The van der Waals surface area contributed by atoms with Gasteiger partial charge in [0.1, 0.15) is 12.0 Å². The second kappa shape index (κ2) is 4.34. The van der Waals surface area contributed by atoms with Gasteiger partial charge in [0.15, 0.2) is 5.75 Å². The fourth-order valence-electron chi connectivity index (χ4n) is 2.27. The van der Waals surface area contributed by atoms with E-state index in [1.54, 1.807) is 12.1 Å². The first-order valence-electron chi connectivity index (χ1n) is 6.50. The minimum atomic E-state index is -4.24. The molecule has 20 heavy (non-hydrogen) atoms. The average Bonchev–Trinajstić information content (AvgIpc) is 3.17. The Hall–Kier alpha value is -1.83. The van der Waals surface area contributed by atoms with Crippen molar-refractivity contribution in [3.8, 4) is 17.6 Å². The van der Waals surface area contributed by atoms with Crippen molar-refractivity contribution in [2.75, 3.05) is 25.1 Å². The van der Waals surface area contributed by atoms with Gasteiger partial charge >= 0.3 is 6.18 Å². The molecule has 0 aromatic heterocycles. The van der Waals surface area contributed by atoms with Crippen molar-refractivity contribution < 1.29 is 17.9 Å². The van der Waals surface area contributed by atoms with Crippen LogP contribution in [0.3, 0.4) is 0 Å². The molecule has 0 unspecified atom stereocenters. The van der Waals surface area contributed by atoms with Crippen molar-refractivity contribution in [2.45, 2.75) is 19.0 Å². The minimum absolute atomic E-state index is 0.0965. The third-order valence-electron chi connectivity index (χ3n) is 3.81. The molecule has 1 aromatic carbocycles. The van der Waals surface area contributed by atoms with E-state index in [0.29, 0.717) is 17.9 Å². The molecule has 106 valence electrons. The summed E-state index contributed by atoms with van der Waals surface area (Å²) in [5.74, 6) is 5.69. The molecule has 0 bridgehead atoms. The summed E-state index contributed by atoms with van der Waals surface area (Å²) in [5.41, 5.74) is -0.388. The zero-order chi connectivity index (χ0) is 14.4. The first kappa shape index (κ1) is 13.2. The van der Waals surface area contributed by atoms with Gasteiger partial charge in [0.25, 0.3) is 0 Å². The van der Waals surface area contributed by atoms with Crippen LogP contribution in [-0.2, 0) is 0 Å². The lowest BCUT2D eigenvalue weighted by Gasteiger charge is -2.28. The summed E-state index contributed by atoms with van der Waals surface area (Å²) in [6.07, 6.45) is -4.05. The predicted molar refractivity (Wildman–Crippen MR) is 69.8 cm³/mol. The molecule has 0 N–H and O–H groups in total. The zero-order valence-corrected chi connectivity index (χ0v) is 11.0. The molecule has 1 aliphatic carbocycles. The maximum atomic E-state index is 12.9. The van der Waals surface area contributed by atoms with Gasteiger partial charge in [-0.15, -0.1) is 0 Å². The first-order valence-corrected chi connectivity index (χ1v) is 6.50. The number of hydrogen-bond donors (Lipinski definition) is 0. The number of hydrogen-bond acceptors (Lipinski definition) is 2. The number of para-hydroxylation sites is 1. The maximum Gasteiger partial charge on any atom is 0.405 e. The number of alkyl halides is 3. The highest BCUT2D eigenvalue weighted by atomic mass is 19.4. The van der Waals surface area contributed by atoms with E-state index in [0.717, 1.165) is 12.2 Å². The lowest BCUT2D eigenvalue weighted by atomic mass is 10.1. The smallest absolute Gasteiger partial charge is 0.405 e. The first-order chi connectivity index (χ1) is 9.43. The van der Waals surface area contributed by atoms with Crippen molar-refractivity contribution >= 4 is 5.69 Å². The highest BCUT2D eigenvalue weighted by Crippen LogP contribution is 2.57. The summed E-state index contributed by atoms with van der Waals surface area (Å²) in [5, 5.41) is 0. The number of ether oxygens (including phenoxy) is 1. The van der Waals surface area contributed by atoms with E-state index >= 15 is 0 Å². The van der Waals surface area contributed by atoms with E-state index in [1.807, 2.05) is 18.0 Å². The van der Waals surface area contributed by atoms with Crippen molar-refractivity contribution in [3.05, 3.63) is 23.8 Å². The number of rotatable bonds is 0. The van der Waals surface area contributed by atoms with Crippen LogP contribution in [-0.4, -0.2) is 26.4 Å². The molecule has 0 spiro atoms. The molecule has 2 aliphatic rings. The van der Waals surface area contributed by atoms with E-state index in [2.05, 4.69) is 11.8 Å². The molecule has 1 fully saturated rings. The van der Waals surface area contributed by atoms with Gasteiger partial charge in [-0.05, 0) is 25.0 Å². The fraction of sp³-hybridized carbons (Fsp3) is 0.467. The zero-order valence-electron chi connectivity index (χ0n) is 11.0. The Morgan fingerprint density at radius 3 is 2.70 bits per heavy atom. The van der Waals surface area contributed by atoms with Gasteiger partial charge in [-0.2, -0.15) is 13.2 Å². The molecule has 0 saturated heterocycles. The van der Waals surface area contributed by atoms with E-state index in [9.17, 15) is 13.2 Å². The minimum Gasteiger partial charge on any atom is -0.488 e. The number of anilines is 1. The second-order valence-electron chi connectivity index (χ2n) is 5.25. The molecule has 0 atom stereocenters. The highest BCUT2D eigenvalue weighted by Gasteiger charge is 2.62. The molecule has 1 heterocycles. The highest BCUT2D eigenvalue weighted by molar-refractivity contribution is 5.66. The van der Waals surface area contributed by atoms with Crippen molar-refractivity contribution in [1.29, 1.82) is 0 Å². The fourth-order valence-corrected chi connectivity index (χ4v) is 2.27. The summed E-state index contributed by atoms with van der Waals surface area (Å²) in [7, 11) is 1.93. The molecule has 2 nitrogen and oxygen atoms in total. The molecule has 0 radical (unpaired) electrons. The average molecular weight is 281 g/mol. The van der Waals surface area contributed by atoms with Gasteiger partial charge in [-0.25, -0.2) is 0 Å². The number of likely N-dealkylation sites (N-methyl/N-ethyl adjacent to an activating group) is 1. The van der Waals surface area contributed by atoms with Gasteiger partial charge in [-0.1, -0.05) is 17.9 Å². The van der Waals surface area contributed by atoms with E-state index < -0.39 is 11.6 Å². The molecular formula is C15H14F3NO. The van der Waals surface area contributed by atoms with Crippen LogP contribution in [0.5, 0.6) is 5.75 Å². The van der Waals surface area contributed by atoms with Crippen LogP contribution in [0.15, 0.2) is 18.2 Å². The summed E-state index contributed by atoms with van der Waals surface area (Å²) in [4.78, 5) is 2.01. The Kier molecular flexibility index (Phi) is 2.86. The van der Waals surface area contributed by atoms with E-state index in [4.69, 9.17) is 4.74 Å². The SMILES string of the molecule is CN1CCOc2c(C#CC3(C(F)(F)F)CC3)cccc21.